The Kier molecular flexibility index (Phi) is 3.76. The molecule has 0 aromatic heterocycles. The molecular weight excluding hydrogens is 234 g/mol. The summed E-state index contributed by atoms with van der Waals surface area (Å²) in [6.45, 7) is 5.51. The number of rotatable bonds is 6. The Morgan fingerprint density at radius 3 is 2.79 bits per heavy atom. The average molecular weight is 259 g/mol. The van der Waals surface area contributed by atoms with Crippen molar-refractivity contribution < 1.29 is 4.79 Å². The smallest absolute Gasteiger partial charge is 0.225 e. The van der Waals surface area contributed by atoms with Gasteiger partial charge in [-0.05, 0) is 56.3 Å². The summed E-state index contributed by atoms with van der Waals surface area (Å²) >= 11 is 0. The Bertz CT molecular complexity index is 383. The summed E-state index contributed by atoms with van der Waals surface area (Å²) in [7, 11) is 0. The number of amides is 1. The molecule has 0 N–H and O–H groups in total. The van der Waals surface area contributed by atoms with Gasteiger partial charge in [0.05, 0.1) is 0 Å². The third-order valence-corrected chi connectivity index (χ3v) is 4.94. The van der Waals surface area contributed by atoms with Gasteiger partial charge < -0.3 is 4.90 Å². The number of hydrogen-bond acceptors (Lipinski definition) is 1. The first-order valence-electron chi connectivity index (χ1n) is 7.84. The van der Waals surface area contributed by atoms with Crippen LogP contribution in [0, 0.1) is 23.7 Å². The molecule has 2 heteroatoms. The van der Waals surface area contributed by atoms with Crippen molar-refractivity contribution >= 4 is 5.91 Å². The lowest BCUT2D eigenvalue weighted by Gasteiger charge is -2.23. The van der Waals surface area contributed by atoms with Crippen molar-refractivity contribution in [3.8, 4) is 0 Å². The van der Waals surface area contributed by atoms with E-state index in [2.05, 4.69) is 23.6 Å². The van der Waals surface area contributed by atoms with Crippen LogP contribution in [-0.2, 0) is 4.79 Å². The molecule has 2 nitrogen and oxygen atoms in total. The Labute approximate surface area is 116 Å². The standard InChI is InChI=1S/C17H25NO/c1-2-10-18(17(19)14-8-9-14)12-15-11-16(15)13-6-4-3-5-7-13/h2-4,13-16H,1,5-12H2. The molecule has 19 heavy (non-hydrogen) atoms. The van der Waals surface area contributed by atoms with Crippen LogP contribution in [-0.4, -0.2) is 23.9 Å². The van der Waals surface area contributed by atoms with E-state index in [-0.39, 0.29) is 0 Å². The zero-order valence-electron chi connectivity index (χ0n) is 11.8. The molecular formula is C17H25NO. The van der Waals surface area contributed by atoms with Gasteiger partial charge in [-0.15, -0.1) is 6.58 Å². The third kappa shape index (κ3) is 3.10. The maximum atomic E-state index is 12.2. The molecule has 3 aliphatic carbocycles. The highest BCUT2D eigenvalue weighted by atomic mass is 16.2. The second-order valence-corrected chi connectivity index (χ2v) is 6.51. The Hall–Kier alpha value is -1.05. The molecule has 0 aromatic rings. The zero-order valence-corrected chi connectivity index (χ0v) is 11.8. The molecule has 3 aliphatic rings. The maximum absolute atomic E-state index is 12.2. The monoisotopic (exact) mass is 259 g/mol. The molecule has 2 fully saturated rings. The van der Waals surface area contributed by atoms with Crippen LogP contribution in [0.1, 0.15) is 38.5 Å². The van der Waals surface area contributed by atoms with E-state index < -0.39 is 0 Å². The van der Waals surface area contributed by atoms with E-state index in [1.165, 1.54) is 25.7 Å². The minimum atomic E-state index is 0.342. The van der Waals surface area contributed by atoms with Crippen LogP contribution in [0.5, 0.6) is 0 Å². The summed E-state index contributed by atoms with van der Waals surface area (Å²) in [6.07, 6.45) is 14.0. The molecule has 2 saturated carbocycles. The molecule has 0 spiro atoms. The summed E-state index contributed by atoms with van der Waals surface area (Å²) in [5.41, 5.74) is 0. The van der Waals surface area contributed by atoms with Gasteiger partial charge in [0.25, 0.3) is 0 Å². The van der Waals surface area contributed by atoms with Crippen molar-refractivity contribution in [1.82, 2.24) is 4.90 Å². The molecule has 0 saturated heterocycles. The molecule has 1 amide bonds. The van der Waals surface area contributed by atoms with Crippen molar-refractivity contribution in [2.24, 2.45) is 23.7 Å². The van der Waals surface area contributed by atoms with Gasteiger partial charge in [-0.3, -0.25) is 4.79 Å². The van der Waals surface area contributed by atoms with Crippen molar-refractivity contribution in [2.45, 2.75) is 38.5 Å². The quantitative estimate of drug-likeness (QED) is 0.669. The van der Waals surface area contributed by atoms with E-state index in [4.69, 9.17) is 0 Å². The number of nitrogens with zero attached hydrogens (tertiary/aromatic N) is 1. The second kappa shape index (κ2) is 5.52. The van der Waals surface area contributed by atoms with Gasteiger partial charge in [-0.2, -0.15) is 0 Å². The molecule has 104 valence electrons. The van der Waals surface area contributed by atoms with Gasteiger partial charge in [0.2, 0.25) is 5.91 Å². The van der Waals surface area contributed by atoms with E-state index >= 15 is 0 Å². The van der Waals surface area contributed by atoms with Crippen LogP contribution in [0.2, 0.25) is 0 Å². The van der Waals surface area contributed by atoms with Crippen LogP contribution in [0.3, 0.4) is 0 Å². The number of allylic oxidation sites excluding steroid dienone is 2. The third-order valence-electron chi connectivity index (χ3n) is 4.94. The molecule has 0 radical (unpaired) electrons. The van der Waals surface area contributed by atoms with Crippen LogP contribution < -0.4 is 0 Å². The highest BCUT2D eigenvalue weighted by Gasteiger charge is 2.44. The highest BCUT2D eigenvalue weighted by Crippen LogP contribution is 2.49. The molecule has 3 atom stereocenters. The van der Waals surface area contributed by atoms with Crippen molar-refractivity contribution in [3.63, 3.8) is 0 Å². The lowest BCUT2D eigenvalue weighted by molar-refractivity contribution is -0.132. The number of carbonyl (C=O) groups is 1. The van der Waals surface area contributed by atoms with Gasteiger partial charge in [-0.1, -0.05) is 18.2 Å². The second-order valence-electron chi connectivity index (χ2n) is 6.51. The molecule has 0 aliphatic heterocycles. The van der Waals surface area contributed by atoms with Gasteiger partial charge in [0.1, 0.15) is 0 Å². The van der Waals surface area contributed by atoms with Crippen LogP contribution in [0.25, 0.3) is 0 Å². The summed E-state index contributed by atoms with van der Waals surface area (Å²) in [5.74, 6) is 3.25. The summed E-state index contributed by atoms with van der Waals surface area (Å²) in [5, 5.41) is 0. The molecule has 0 bridgehead atoms. The first kappa shape index (κ1) is 13.0. The SMILES string of the molecule is C=CCN(CC1CC1C1CC=CCC1)C(=O)C1CC1. The summed E-state index contributed by atoms with van der Waals surface area (Å²) in [4.78, 5) is 14.3. The van der Waals surface area contributed by atoms with E-state index in [1.54, 1.807) is 0 Å². The maximum Gasteiger partial charge on any atom is 0.225 e. The van der Waals surface area contributed by atoms with E-state index in [0.29, 0.717) is 11.8 Å². The van der Waals surface area contributed by atoms with E-state index in [0.717, 1.165) is 43.7 Å². The lowest BCUT2D eigenvalue weighted by atomic mass is 9.89. The van der Waals surface area contributed by atoms with Crippen LogP contribution in [0.15, 0.2) is 24.8 Å². The zero-order chi connectivity index (χ0) is 13.2. The molecule has 3 rings (SSSR count). The van der Waals surface area contributed by atoms with Crippen molar-refractivity contribution in [1.29, 1.82) is 0 Å². The Balaban J connectivity index is 1.50. The fraction of sp³-hybridized carbons (Fsp3) is 0.706. The Morgan fingerprint density at radius 1 is 1.32 bits per heavy atom. The van der Waals surface area contributed by atoms with Crippen LogP contribution >= 0.6 is 0 Å². The van der Waals surface area contributed by atoms with Gasteiger partial charge in [-0.25, -0.2) is 0 Å². The van der Waals surface area contributed by atoms with E-state index in [9.17, 15) is 4.79 Å². The molecule has 3 unspecified atom stereocenters. The first-order valence-corrected chi connectivity index (χ1v) is 7.84. The predicted octanol–water partition coefficient (Wildman–Crippen LogP) is 3.40. The van der Waals surface area contributed by atoms with E-state index in [1.807, 2.05) is 6.08 Å². The van der Waals surface area contributed by atoms with Crippen molar-refractivity contribution in [3.05, 3.63) is 24.8 Å². The van der Waals surface area contributed by atoms with Crippen molar-refractivity contribution in [2.75, 3.05) is 13.1 Å². The predicted molar refractivity (Wildman–Crippen MR) is 77.6 cm³/mol. The van der Waals surface area contributed by atoms with Gasteiger partial charge in [0.15, 0.2) is 0 Å². The fourth-order valence-electron chi connectivity index (χ4n) is 3.55. The minimum absolute atomic E-state index is 0.342. The summed E-state index contributed by atoms with van der Waals surface area (Å²) < 4.78 is 0. The summed E-state index contributed by atoms with van der Waals surface area (Å²) in [6, 6.07) is 0. The topological polar surface area (TPSA) is 20.3 Å². The number of hydrogen-bond donors (Lipinski definition) is 0. The van der Waals surface area contributed by atoms with Crippen LogP contribution in [0.4, 0.5) is 0 Å². The Morgan fingerprint density at radius 2 is 2.16 bits per heavy atom. The highest BCUT2D eigenvalue weighted by molar-refractivity contribution is 5.81. The van der Waals surface area contributed by atoms with Gasteiger partial charge in [0, 0.05) is 19.0 Å². The first-order chi connectivity index (χ1) is 9.29. The minimum Gasteiger partial charge on any atom is -0.338 e. The normalized spacial score (nSPS) is 32.9. The lowest BCUT2D eigenvalue weighted by Crippen LogP contribution is -2.34. The number of carbonyl (C=O) groups excluding carboxylic acids is 1. The van der Waals surface area contributed by atoms with Gasteiger partial charge >= 0.3 is 0 Å². The average Bonchev–Trinajstić information content (AvgIpc) is 3.32. The molecule has 0 heterocycles. The fourth-order valence-corrected chi connectivity index (χ4v) is 3.55. The molecule has 0 aromatic carbocycles. The largest absolute Gasteiger partial charge is 0.338 e.